The average Bonchev–Trinajstić information content (AvgIpc) is 3.23. The first-order chi connectivity index (χ1) is 28.7. The van der Waals surface area contributed by atoms with Crippen LogP contribution in [0.5, 0.6) is 0 Å². The summed E-state index contributed by atoms with van der Waals surface area (Å²) in [6.07, 6.45) is -2.47. The number of ether oxygens (including phenoxy) is 4. The predicted octanol–water partition coefficient (Wildman–Crippen LogP) is 3.94. The first kappa shape index (κ1) is 44.7. The number of amides is 8. The van der Waals surface area contributed by atoms with E-state index in [1.807, 2.05) is 12.1 Å². The van der Waals surface area contributed by atoms with Crippen molar-refractivity contribution in [1.29, 1.82) is 0 Å². The fraction of sp³-hybridized carbons (Fsp3) is 0.488. The van der Waals surface area contributed by atoms with Gasteiger partial charge in [0.25, 0.3) is 0 Å². The Balaban J connectivity index is 1.24. The van der Waals surface area contributed by atoms with Crippen molar-refractivity contribution in [2.24, 2.45) is 10.9 Å². The number of urea groups is 1. The van der Waals surface area contributed by atoms with E-state index in [9.17, 15) is 33.6 Å². The summed E-state index contributed by atoms with van der Waals surface area (Å²) in [4.78, 5) is 103. The molecule has 0 aromatic heterocycles. The van der Waals surface area contributed by atoms with Crippen LogP contribution < -0.4 is 10.6 Å². The minimum atomic E-state index is -1.13. The highest BCUT2D eigenvalue weighted by Gasteiger charge is 2.56. The second-order valence-electron chi connectivity index (χ2n) is 15.2. The van der Waals surface area contributed by atoms with Gasteiger partial charge in [-0.2, -0.15) is 0 Å². The Morgan fingerprint density at radius 2 is 1.20 bits per heavy atom. The lowest BCUT2D eigenvalue weighted by atomic mass is 9.82. The van der Waals surface area contributed by atoms with E-state index < -0.39 is 59.8 Å². The van der Waals surface area contributed by atoms with Gasteiger partial charge in [-0.05, 0) is 51.7 Å². The number of piperazine rings is 2. The van der Waals surface area contributed by atoms with Gasteiger partial charge in [0, 0.05) is 58.9 Å². The van der Waals surface area contributed by atoms with E-state index in [-0.39, 0.29) is 90.9 Å². The summed E-state index contributed by atoms with van der Waals surface area (Å²) in [5, 5.41) is 4.86. The number of nitrogens with zero attached hydrogens (tertiary/aromatic N) is 6. The molecule has 60 heavy (non-hydrogen) atoms. The number of hydrogen-bond donors (Lipinski definition) is 2. The molecule has 5 rings (SSSR count). The molecule has 3 aliphatic rings. The number of aliphatic imine (C=N–C) groups is 1. The minimum absolute atomic E-state index is 0.00624. The lowest BCUT2D eigenvalue weighted by molar-refractivity contribution is -0.164. The number of imide groups is 1. The Bertz CT molecular complexity index is 1800. The van der Waals surface area contributed by atoms with Gasteiger partial charge in [0.15, 0.2) is 0 Å². The van der Waals surface area contributed by atoms with Crippen LogP contribution >= 0.6 is 0 Å². The summed E-state index contributed by atoms with van der Waals surface area (Å²) in [7, 11) is 0. The van der Waals surface area contributed by atoms with Crippen molar-refractivity contribution in [2.45, 2.75) is 65.4 Å². The third kappa shape index (κ3) is 12.6. The SMILES string of the molecule is C[CH]OC(=O)N1CCN(C(=O)N2C(=O)[C@H](CCCN=C(NC(=O)OCc3ccccc3)NC(=O)OCc3ccccc3)C2C(=O)N2CCN(C(=O)OC(C)(C)C)CC2)CC1. The number of hydrogen-bond acceptors (Lipinski definition) is 12. The first-order valence-electron chi connectivity index (χ1n) is 19.9. The summed E-state index contributed by atoms with van der Waals surface area (Å²) in [6.45, 7) is 9.39. The van der Waals surface area contributed by atoms with Crippen LogP contribution in [-0.4, -0.2) is 143 Å². The van der Waals surface area contributed by atoms with Gasteiger partial charge in [-0.15, -0.1) is 0 Å². The zero-order chi connectivity index (χ0) is 43.2. The van der Waals surface area contributed by atoms with Crippen molar-refractivity contribution in [3.8, 4) is 0 Å². The van der Waals surface area contributed by atoms with Crippen molar-refractivity contribution in [3.63, 3.8) is 0 Å². The molecule has 19 nitrogen and oxygen atoms in total. The zero-order valence-corrected chi connectivity index (χ0v) is 34.4. The van der Waals surface area contributed by atoms with E-state index in [2.05, 4.69) is 15.6 Å². The molecule has 1 unspecified atom stereocenters. The Hall–Kier alpha value is -6.40. The van der Waals surface area contributed by atoms with E-state index in [0.717, 1.165) is 16.0 Å². The van der Waals surface area contributed by atoms with Crippen LogP contribution in [0.1, 0.15) is 51.7 Å². The number of β-lactam (4-membered cyclic amide) rings is 1. The molecule has 2 aromatic rings. The summed E-state index contributed by atoms with van der Waals surface area (Å²) >= 11 is 0. The quantitative estimate of drug-likeness (QED) is 0.115. The maximum atomic E-state index is 14.2. The second-order valence-corrected chi connectivity index (χ2v) is 15.2. The van der Waals surface area contributed by atoms with Gasteiger partial charge in [0.05, 0.1) is 5.92 Å². The Kier molecular flexibility index (Phi) is 15.7. The number of nitrogens with one attached hydrogen (secondary N) is 2. The van der Waals surface area contributed by atoms with Gasteiger partial charge >= 0.3 is 30.4 Å². The normalized spacial score (nSPS) is 17.8. The van der Waals surface area contributed by atoms with Crippen molar-refractivity contribution >= 4 is 48.2 Å². The first-order valence-corrected chi connectivity index (χ1v) is 19.9. The molecule has 0 spiro atoms. The third-order valence-corrected chi connectivity index (χ3v) is 9.75. The van der Waals surface area contributed by atoms with Crippen molar-refractivity contribution in [3.05, 3.63) is 78.4 Å². The van der Waals surface area contributed by atoms with E-state index in [0.29, 0.717) is 0 Å². The molecule has 2 N–H and O–H groups in total. The molecule has 1 radical (unpaired) electrons. The smallest absolute Gasteiger partial charge is 0.414 e. The average molecular weight is 834 g/mol. The molecule has 8 amide bonds. The predicted molar refractivity (Wildman–Crippen MR) is 215 cm³/mol. The number of guanidine groups is 1. The maximum Gasteiger partial charge on any atom is 0.414 e. The van der Waals surface area contributed by atoms with E-state index >= 15 is 0 Å². The van der Waals surface area contributed by atoms with Crippen molar-refractivity contribution in [1.82, 2.24) is 35.1 Å². The fourth-order valence-electron chi connectivity index (χ4n) is 6.68. The second kappa shape index (κ2) is 21.0. The van der Waals surface area contributed by atoms with Crippen LogP contribution in [0.15, 0.2) is 65.7 Å². The monoisotopic (exact) mass is 833 g/mol. The van der Waals surface area contributed by atoms with Crippen LogP contribution in [-0.2, 0) is 41.8 Å². The van der Waals surface area contributed by atoms with Crippen LogP contribution in [0.4, 0.5) is 24.0 Å². The molecular weight excluding hydrogens is 780 g/mol. The molecule has 3 fully saturated rings. The highest BCUT2D eigenvalue weighted by Crippen LogP contribution is 2.34. The molecular formula is C41H53N8O11. The topological polar surface area (TPSA) is 209 Å². The largest absolute Gasteiger partial charge is 0.444 e. The van der Waals surface area contributed by atoms with Gasteiger partial charge in [-0.1, -0.05) is 60.7 Å². The van der Waals surface area contributed by atoms with Gasteiger partial charge in [0.1, 0.15) is 31.5 Å². The van der Waals surface area contributed by atoms with Gasteiger partial charge in [-0.25, -0.2) is 24.0 Å². The van der Waals surface area contributed by atoms with Crippen LogP contribution in [0.2, 0.25) is 0 Å². The van der Waals surface area contributed by atoms with Crippen molar-refractivity contribution in [2.75, 3.05) is 58.9 Å². The van der Waals surface area contributed by atoms with Crippen molar-refractivity contribution < 1.29 is 52.5 Å². The summed E-state index contributed by atoms with van der Waals surface area (Å²) in [5.74, 6) is -2.11. The number of carbonyl (C=O) groups excluding carboxylic acids is 7. The Morgan fingerprint density at radius 3 is 1.70 bits per heavy atom. The molecule has 0 bridgehead atoms. The zero-order valence-electron chi connectivity index (χ0n) is 34.4. The van der Waals surface area contributed by atoms with Crippen LogP contribution in [0.3, 0.4) is 0 Å². The summed E-state index contributed by atoms with van der Waals surface area (Å²) in [5.41, 5.74) is 0.787. The lowest BCUT2D eigenvalue weighted by Gasteiger charge is -2.49. The fourth-order valence-corrected chi connectivity index (χ4v) is 6.68. The highest BCUT2D eigenvalue weighted by atomic mass is 16.6. The number of carbonyl (C=O) groups is 7. The van der Waals surface area contributed by atoms with Gasteiger partial charge < -0.3 is 38.5 Å². The number of benzene rings is 2. The Labute approximate surface area is 348 Å². The molecule has 323 valence electrons. The highest BCUT2D eigenvalue weighted by molar-refractivity contribution is 6.09. The molecule has 3 saturated heterocycles. The third-order valence-electron chi connectivity index (χ3n) is 9.75. The minimum Gasteiger partial charge on any atom is -0.444 e. The molecule has 0 aliphatic carbocycles. The lowest BCUT2D eigenvalue weighted by Crippen LogP contribution is -2.72. The molecule has 3 aliphatic heterocycles. The molecule has 0 saturated carbocycles. The van der Waals surface area contributed by atoms with E-state index in [4.69, 9.17) is 18.9 Å². The number of alkyl carbamates (subject to hydrolysis) is 2. The van der Waals surface area contributed by atoms with E-state index in [1.165, 1.54) is 26.2 Å². The van der Waals surface area contributed by atoms with Crippen LogP contribution in [0.25, 0.3) is 0 Å². The molecule has 3 heterocycles. The molecule has 2 aromatic carbocycles. The standard InChI is InChI=1S/C41H53N8O11/c1-5-57-39(55)47-25-21-46(22-26-47)38(54)49-32(34(51)45-19-23-48(24-20-45)40(56)60-41(2,3)4)31(33(49)50)17-12-18-42-35(43-36(52)58-27-29-13-8-6-9-14-29)44-37(53)59-28-30-15-10-7-11-16-30/h5-11,13-16,31-32H,12,17-28H2,1-4H3,(H2,42,43,44,52,53)/t31-,32?/m1/s1. The number of rotatable bonds is 10. The maximum absolute atomic E-state index is 14.2. The van der Waals surface area contributed by atoms with Crippen LogP contribution in [0, 0.1) is 12.5 Å². The van der Waals surface area contributed by atoms with E-state index in [1.54, 1.807) is 76.2 Å². The summed E-state index contributed by atoms with van der Waals surface area (Å²) in [6, 6.07) is 16.2. The Morgan fingerprint density at radius 1 is 0.717 bits per heavy atom. The molecule has 19 heteroatoms. The van der Waals surface area contributed by atoms with Gasteiger partial charge in [-0.3, -0.25) is 30.1 Å². The van der Waals surface area contributed by atoms with Gasteiger partial charge in [0.2, 0.25) is 17.8 Å². The molecule has 2 atom stereocenters. The summed E-state index contributed by atoms with van der Waals surface area (Å²) < 4.78 is 21.0. The number of likely N-dealkylation sites (tertiary alicyclic amines) is 1.